The van der Waals surface area contributed by atoms with Gasteiger partial charge >= 0.3 is 0 Å². The van der Waals surface area contributed by atoms with Gasteiger partial charge in [-0.15, -0.1) is 0 Å². The number of benzene rings is 2. The lowest BCUT2D eigenvalue weighted by Crippen LogP contribution is -2.49. The van der Waals surface area contributed by atoms with Crippen LogP contribution in [0.25, 0.3) is 0 Å². The SMILES string of the molecule is O=C(Nc1cccc([N+](=O)[O-])c1)[C@H](Cc1ccccc1)N1C(=O)[C@@H]2[C@H]3C=C[C@@H]([C@@H]4C[C@H]34)[C@H]2C1=O. The number of carbonyl (C=O) groups excluding carboxylic acids is 3. The third-order valence-corrected chi connectivity index (χ3v) is 7.91. The Labute approximate surface area is 195 Å². The molecule has 34 heavy (non-hydrogen) atoms. The second kappa shape index (κ2) is 7.62. The number of hydrogen-bond donors (Lipinski definition) is 1. The largest absolute Gasteiger partial charge is 0.324 e. The fourth-order valence-electron chi connectivity index (χ4n) is 6.35. The maximum atomic E-state index is 13.6. The van der Waals surface area contributed by atoms with Crippen molar-refractivity contribution < 1.29 is 19.3 Å². The molecule has 7 atom stereocenters. The van der Waals surface area contributed by atoms with E-state index in [1.165, 1.54) is 23.1 Å². The Morgan fingerprint density at radius 2 is 1.65 bits per heavy atom. The molecule has 1 N–H and O–H groups in total. The third kappa shape index (κ3) is 3.16. The summed E-state index contributed by atoms with van der Waals surface area (Å²) in [5, 5.41) is 13.8. The molecule has 5 aliphatic rings. The molecule has 3 amide bonds. The van der Waals surface area contributed by atoms with E-state index < -0.39 is 28.7 Å². The van der Waals surface area contributed by atoms with Gasteiger partial charge in [-0.05, 0) is 41.7 Å². The molecule has 0 unspecified atom stereocenters. The monoisotopic (exact) mass is 457 g/mol. The van der Waals surface area contributed by atoms with Gasteiger partial charge in [-0.25, -0.2) is 0 Å². The van der Waals surface area contributed by atoms with E-state index in [1.807, 2.05) is 30.3 Å². The Balaban J connectivity index is 1.32. The third-order valence-electron chi connectivity index (χ3n) is 7.91. The van der Waals surface area contributed by atoms with E-state index >= 15 is 0 Å². The van der Waals surface area contributed by atoms with E-state index in [4.69, 9.17) is 0 Å². The Kier molecular flexibility index (Phi) is 4.65. The van der Waals surface area contributed by atoms with Gasteiger partial charge in [0.05, 0.1) is 16.8 Å². The molecule has 8 heteroatoms. The molecule has 3 fully saturated rings. The number of rotatable bonds is 6. The summed E-state index contributed by atoms with van der Waals surface area (Å²) in [6.45, 7) is 0. The molecule has 2 saturated carbocycles. The van der Waals surface area contributed by atoms with Crippen LogP contribution >= 0.6 is 0 Å². The van der Waals surface area contributed by atoms with Gasteiger partial charge in [0.15, 0.2) is 0 Å². The van der Waals surface area contributed by atoms with Crippen molar-refractivity contribution in [2.45, 2.75) is 18.9 Å². The van der Waals surface area contributed by atoms with Crippen LogP contribution in [-0.2, 0) is 20.8 Å². The lowest BCUT2D eigenvalue weighted by Gasteiger charge is -2.37. The highest BCUT2D eigenvalue weighted by molar-refractivity contribution is 6.10. The first-order chi connectivity index (χ1) is 16.4. The molecule has 0 aromatic heterocycles. The zero-order valence-corrected chi connectivity index (χ0v) is 18.2. The Hall–Kier alpha value is -3.81. The second-order valence-corrected chi connectivity index (χ2v) is 9.70. The molecule has 2 bridgehead atoms. The molecule has 1 aliphatic heterocycles. The highest BCUT2D eigenvalue weighted by atomic mass is 16.6. The highest BCUT2D eigenvalue weighted by Crippen LogP contribution is 2.65. The first-order valence-electron chi connectivity index (χ1n) is 11.6. The van der Waals surface area contributed by atoms with Crippen LogP contribution in [0.1, 0.15) is 12.0 Å². The number of hydrogen-bond acceptors (Lipinski definition) is 5. The zero-order valence-electron chi connectivity index (χ0n) is 18.2. The molecule has 8 nitrogen and oxygen atoms in total. The second-order valence-electron chi connectivity index (χ2n) is 9.70. The Morgan fingerprint density at radius 1 is 1.00 bits per heavy atom. The summed E-state index contributed by atoms with van der Waals surface area (Å²) in [5.74, 6) is -0.777. The summed E-state index contributed by atoms with van der Waals surface area (Å²) in [4.78, 5) is 52.6. The topological polar surface area (TPSA) is 110 Å². The number of imide groups is 1. The fourth-order valence-corrected chi connectivity index (χ4v) is 6.35. The van der Waals surface area contributed by atoms with Gasteiger partial charge in [-0.1, -0.05) is 48.6 Å². The molecule has 4 aliphatic carbocycles. The summed E-state index contributed by atoms with van der Waals surface area (Å²) in [5.41, 5.74) is 0.913. The first kappa shape index (κ1) is 20.8. The van der Waals surface area contributed by atoms with Gasteiger partial charge in [0.1, 0.15) is 6.04 Å². The maximum Gasteiger partial charge on any atom is 0.271 e. The lowest BCUT2D eigenvalue weighted by atomic mass is 9.63. The van der Waals surface area contributed by atoms with Gasteiger partial charge < -0.3 is 5.32 Å². The van der Waals surface area contributed by atoms with Crippen LogP contribution in [0.4, 0.5) is 11.4 Å². The quantitative estimate of drug-likeness (QED) is 0.310. The molecular weight excluding hydrogens is 434 g/mol. The molecule has 7 rings (SSSR count). The van der Waals surface area contributed by atoms with E-state index in [9.17, 15) is 24.5 Å². The number of nitrogens with one attached hydrogen (secondary N) is 1. The molecule has 2 aromatic rings. The Morgan fingerprint density at radius 3 is 2.26 bits per heavy atom. The maximum absolute atomic E-state index is 13.6. The van der Waals surface area contributed by atoms with Gasteiger partial charge in [-0.3, -0.25) is 29.4 Å². The molecule has 0 spiro atoms. The molecule has 2 aromatic carbocycles. The van der Waals surface area contributed by atoms with Crippen LogP contribution < -0.4 is 5.32 Å². The van der Waals surface area contributed by atoms with Crippen molar-refractivity contribution in [3.05, 3.63) is 82.4 Å². The molecule has 172 valence electrons. The number of nitrogens with zero attached hydrogens (tertiary/aromatic N) is 2. The molecule has 1 saturated heterocycles. The molecular formula is C26H23N3O5. The van der Waals surface area contributed by atoms with Gasteiger partial charge in [-0.2, -0.15) is 0 Å². The number of nitro benzene ring substituents is 1. The van der Waals surface area contributed by atoms with Crippen molar-refractivity contribution in [2.24, 2.45) is 35.5 Å². The summed E-state index contributed by atoms with van der Waals surface area (Å²) < 4.78 is 0. The van der Waals surface area contributed by atoms with Crippen molar-refractivity contribution in [1.82, 2.24) is 4.90 Å². The number of likely N-dealkylation sites (tertiary alicyclic amines) is 1. The van der Waals surface area contributed by atoms with Crippen molar-refractivity contribution >= 4 is 29.1 Å². The van der Waals surface area contributed by atoms with Crippen LogP contribution in [0.15, 0.2) is 66.7 Å². The van der Waals surface area contributed by atoms with Crippen LogP contribution in [0, 0.1) is 45.6 Å². The van der Waals surface area contributed by atoms with Crippen molar-refractivity contribution in [2.75, 3.05) is 5.32 Å². The van der Waals surface area contributed by atoms with E-state index in [1.54, 1.807) is 6.07 Å². The van der Waals surface area contributed by atoms with E-state index in [0.717, 1.165) is 12.0 Å². The predicted octanol–water partition coefficient (Wildman–Crippen LogP) is 3.20. The van der Waals surface area contributed by atoms with Crippen LogP contribution in [-0.4, -0.2) is 33.6 Å². The number of allylic oxidation sites excluding steroid dienone is 2. The summed E-state index contributed by atoms with van der Waals surface area (Å²) in [6, 6.07) is 13.8. The van der Waals surface area contributed by atoms with E-state index in [0.29, 0.717) is 11.8 Å². The van der Waals surface area contributed by atoms with Gasteiger partial charge in [0.2, 0.25) is 17.7 Å². The molecule has 0 radical (unpaired) electrons. The number of carbonyl (C=O) groups is 3. The Bertz CT molecular complexity index is 1210. The average Bonchev–Trinajstić information content (AvgIpc) is 3.62. The molecule has 1 heterocycles. The van der Waals surface area contributed by atoms with Crippen LogP contribution in [0.2, 0.25) is 0 Å². The minimum absolute atomic E-state index is 0.0682. The summed E-state index contributed by atoms with van der Waals surface area (Å²) >= 11 is 0. The first-order valence-corrected chi connectivity index (χ1v) is 11.6. The average molecular weight is 457 g/mol. The van der Waals surface area contributed by atoms with Crippen molar-refractivity contribution in [3.8, 4) is 0 Å². The highest BCUT2D eigenvalue weighted by Gasteiger charge is 2.67. The summed E-state index contributed by atoms with van der Waals surface area (Å²) in [7, 11) is 0. The lowest BCUT2D eigenvalue weighted by molar-refractivity contribution is -0.384. The van der Waals surface area contributed by atoms with Crippen LogP contribution in [0.5, 0.6) is 0 Å². The van der Waals surface area contributed by atoms with Gasteiger partial charge in [0.25, 0.3) is 5.69 Å². The van der Waals surface area contributed by atoms with Crippen LogP contribution in [0.3, 0.4) is 0 Å². The number of anilines is 1. The minimum Gasteiger partial charge on any atom is -0.324 e. The number of amides is 3. The van der Waals surface area contributed by atoms with Gasteiger partial charge in [0, 0.05) is 24.2 Å². The number of non-ortho nitro benzene ring substituents is 1. The van der Waals surface area contributed by atoms with Crippen molar-refractivity contribution in [3.63, 3.8) is 0 Å². The number of nitro groups is 1. The van der Waals surface area contributed by atoms with E-state index in [2.05, 4.69) is 17.5 Å². The standard InChI is InChI=1S/C26H23N3O5/c30-24(27-15-7-4-8-16(12-15)29(33)34)21(11-14-5-2-1-3-6-14)28-25(31)22-17-9-10-18(20-13-19(17)20)23(22)26(28)32/h1-10,12,17-23H,11,13H2,(H,27,30)/t17-,18-,19-,20+,21-,22+,23+/m0/s1. The fraction of sp³-hybridized carbons (Fsp3) is 0.346. The smallest absolute Gasteiger partial charge is 0.271 e. The zero-order chi connectivity index (χ0) is 23.6. The van der Waals surface area contributed by atoms with Crippen molar-refractivity contribution in [1.29, 1.82) is 0 Å². The summed E-state index contributed by atoms with van der Waals surface area (Å²) in [6.07, 6.45) is 5.44. The predicted molar refractivity (Wildman–Crippen MR) is 122 cm³/mol. The van der Waals surface area contributed by atoms with E-state index in [-0.39, 0.29) is 41.4 Å². The minimum atomic E-state index is -1.04. The normalized spacial score (nSPS) is 31.1.